The summed E-state index contributed by atoms with van der Waals surface area (Å²) < 4.78 is 0. The van der Waals surface area contributed by atoms with Crippen LogP contribution >= 0.6 is 9.24 Å². The van der Waals surface area contributed by atoms with Crippen LogP contribution in [0.15, 0.2) is 0 Å². The van der Waals surface area contributed by atoms with Crippen LogP contribution in [0.25, 0.3) is 0 Å². The molecule has 0 saturated heterocycles. The van der Waals surface area contributed by atoms with E-state index in [9.17, 15) is 0 Å². The molecule has 0 amide bonds. The van der Waals surface area contributed by atoms with Gasteiger partial charge in [0, 0.05) is 6.42 Å². The van der Waals surface area contributed by atoms with Gasteiger partial charge in [0.1, 0.15) is 0 Å². The highest BCUT2D eigenvalue weighted by atomic mass is 31.0. The van der Waals surface area contributed by atoms with E-state index in [1.807, 2.05) is 0 Å². The van der Waals surface area contributed by atoms with Crippen LogP contribution in [0.2, 0.25) is 0 Å². The SMILES string of the molecule is CC(C)C(CC#N)CCP. The molecule has 2 unspecified atom stereocenters. The number of rotatable bonds is 4. The fourth-order valence-electron chi connectivity index (χ4n) is 1.00. The zero-order chi connectivity index (χ0) is 7.98. The maximum atomic E-state index is 8.46. The second-order valence-corrected chi connectivity index (χ2v) is 3.52. The highest BCUT2D eigenvalue weighted by molar-refractivity contribution is 7.16. The molecule has 0 radical (unpaired) electrons. The molecule has 0 rings (SSSR count). The lowest BCUT2D eigenvalue weighted by atomic mass is 9.91. The van der Waals surface area contributed by atoms with Gasteiger partial charge < -0.3 is 0 Å². The number of nitrogens with zero attached hydrogens (tertiary/aromatic N) is 1. The largest absolute Gasteiger partial charge is 0.198 e. The Balaban J connectivity index is 3.63. The van der Waals surface area contributed by atoms with Crippen molar-refractivity contribution in [2.75, 3.05) is 6.16 Å². The van der Waals surface area contributed by atoms with Gasteiger partial charge in [-0.25, -0.2) is 0 Å². The van der Waals surface area contributed by atoms with Crippen LogP contribution in [0, 0.1) is 23.2 Å². The van der Waals surface area contributed by atoms with Crippen molar-refractivity contribution in [2.24, 2.45) is 11.8 Å². The third-order valence-corrected chi connectivity index (χ3v) is 2.17. The molecule has 10 heavy (non-hydrogen) atoms. The normalized spacial score (nSPS) is 13.1. The molecule has 0 aromatic rings. The van der Waals surface area contributed by atoms with Crippen molar-refractivity contribution in [3.05, 3.63) is 0 Å². The van der Waals surface area contributed by atoms with Crippen molar-refractivity contribution in [1.29, 1.82) is 5.26 Å². The van der Waals surface area contributed by atoms with Gasteiger partial charge in [0.05, 0.1) is 6.07 Å². The summed E-state index contributed by atoms with van der Waals surface area (Å²) in [5.74, 6) is 1.25. The van der Waals surface area contributed by atoms with Crippen LogP contribution in [0.4, 0.5) is 0 Å². The van der Waals surface area contributed by atoms with Crippen molar-refractivity contribution < 1.29 is 0 Å². The van der Waals surface area contributed by atoms with E-state index in [1.165, 1.54) is 0 Å². The zero-order valence-electron chi connectivity index (χ0n) is 6.80. The minimum atomic E-state index is 0.600. The maximum absolute atomic E-state index is 8.46. The molecule has 0 N–H and O–H groups in total. The number of nitriles is 1. The van der Waals surface area contributed by atoms with E-state index >= 15 is 0 Å². The van der Waals surface area contributed by atoms with Gasteiger partial charge in [-0.2, -0.15) is 5.26 Å². The molecular weight excluding hydrogens is 141 g/mol. The van der Waals surface area contributed by atoms with Crippen LogP contribution < -0.4 is 0 Å². The summed E-state index contributed by atoms with van der Waals surface area (Å²) in [5, 5.41) is 8.46. The van der Waals surface area contributed by atoms with Crippen LogP contribution in [0.1, 0.15) is 26.7 Å². The van der Waals surface area contributed by atoms with Crippen molar-refractivity contribution in [2.45, 2.75) is 26.7 Å². The third kappa shape index (κ3) is 3.85. The summed E-state index contributed by atoms with van der Waals surface area (Å²) in [6.07, 6.45) is 2.99. The second-order valence-electron chi connectivity index (χ2n) is 2.94. The van der Waals surface area contributed by atoms with Gasteiger partial charge in [0.2, 0.25) is 0 Å². The Bertz CT molecular complexity index is 115. The summed E-state index contributed by atoms with van der Waals surface area (Å²) in [6.45, 7) is 4.37. The van der Waals surface area contributed by atoms with E-state index in [2.05, 4.69) is 29.2 Å². The van der Waals surface area contributed by atoms with Crippen molar-refractivity contribution in [1.82, 2.24) is 0 Å². The molecular formula is C8H16NP. The van der Waals surface area contributed by atoms with E-state index in [0.29, 0.717) is 18.3 Å². The Kier molecular flexibility index (Phi) is 5.64. The fraction of sp³-hybridized carbons (Fsp3) is 0.875. The summed E-state index contributed by atoms with van der Waals surface area (Å²) in [6, 6.07) is 2.22. The van der Waals surface area contributed by atoms with Gasteiger partial charge in [-0.3, -0.25) is 0 Å². The van der Waals surface area contributed by atoms with Gasteiger partial charge in [0.25, 0.3) is 0 Å². The zero-order valence-corrected chi connectivity index (χ0v) is 7.96. The lowest BCUT2D eigenvalue weighted by molar-refractivity contribution is 0.383. The van der Waals surface area contributed by atoms with Gasteiger partial charge in [-0.05, 0) is 24.4 Å². The average Bonchev–Trinajstić information content (AvgIpc) is 1.87. The second kappa shape index (κ2) is 5.69. The minimum Gasteiger partial charge on any atom is -0.198 e. The summed E-state index contributed by atoms with van der Waals surface area (Å²) >= 11 is 0. The van der Waals surface area contributed by atoms with E-state index in [-0.39, 0.29) is 0 Å². The molecule has 2 heteroatoms. The van der Waals surface area contributed by atoms with Crippen LogP contribution in [-0.4, -0.2) is 6.16 Å². The molecule has 0 heterocycles. The predicted octanol–water partition coefficient (Wildman–Crippen LogP) is 2.44. The molecule has 0 aromatic heterocycles. The fourth-order valence-corrected chi connectivity index (χ4v) is 1.43. The molecule has 0 saturated carbocycles. The van der Waals surface area contributed by atoms with E-state index < -0.39 is 0 Å². The Morgan fingerprint density at radius 2 is 2.10 bits per heavy atom. The van der Waals surface area contributed by atoms with E-state index in [0.717, 1.165) is 12.6 Å². The highest BCUT2D eigenvalue weighted by Gasteiger charge is 2.10. The molecule has 0 spiro atoms. The Morgan fingerprint density at radius 3 is 2.40 bits per heavy atom. The van der Waals surface area contributed by atoms with Gasteiger partial charge in [-0.1, -0.05) is 13.8 Å². The average molecular weight is 157 g/mol. The third-order valence-electron chi connectivity index (χ3n) is 1.83. The summed E-state index contributed by atoms with van der Waals surface area (Å²) in [4.78, 5) is 0. The summed E-state index contributed by atoms with van der Waals surface area (Å²) in [7, 11) is 2.71. The first-order valence-electron chi connectivity index (χ1n) is 3.79. The Hall–Kier alpha value is -0.0800. The Morgan fingerprint density at radius 1 is 1.50 bits per heavy atom. The van der Waals surface area contributed by atoms with Crippen LogP contribution in [0.3, 0.4) is 0 Å². The van der Waals surface area contributed by atoms with Crippen molar-refractivity contribution >= 4 is 9.24 Å². The molecule has 0 bridgehead atoms. The van der Waals surface area contributed by atoms with E-state index in [4.69, 9.17) is 5.26 Å². The topological polar surface area (TPSA) is 23.8 Å². The first-order chi connectivity index (χ1) is 4.72. The lowest BCUT2D eigenvalue weighted by Gasteiger charge is -2.15. The molecule has 0 aromatic carbocycles. The Labute approximate surface area is 66.0 Å². The van der Waals surface area contributed by atoms with Crippen molar-refractivity contribution in [3.8, 4) is 6.07 Å². The van der Waals surface area contributed by atoms with Gasteiger partial charge in [-0.15, -0.1) is 9.24 Å². The van der Waals surface area contributed by atoms with Gasteiger partial charge in [0.15, 0.2) is 0 Å². The number of hydrogen-bond acceptors (Lipinski definition) is 1. The van der Waals surface area contributed by atoms with E-state index in [1.54, 1.807) is 0 Å². The molecule has 0 aliphatic carbocycles. The molecule has 0 fully saturated rings. The molecule has 0 aliphatic heterocycles. The lowest BCUT2D eigenvalue weighted by Crippen LogP contribution is -2.08. The van der Waals surface area contributed by atoms with Crippen LogP contribution in [0.5, 0.6) is 0 Å². The minimum absolute atomic E-state index is 0.600. The number of hydrogen-bond donors (Lipinski definition) is 0. The smallest absolute Gasteiger partial charge is 0.0624 e. The maximum Gasteiger partial charge on any atom is 0.0624 e. The predicted molar refractivity (Wildman–Crippen MR) is 47.8 cm³/mol. The van der Waals surface area contributed by atoms with Crippen molar-refractivity contribution in [3.63, 3.8) is 0 Å². The quantitative estimate of drug-likeness (QED) is 0.575. The molecule has 2 atom stereocenters. The highest BCUT2D eigenvalue weighted by Crippen LogP contribution is 2.19. The van der Waals surface area contributed by atoms with Crippen LogP contribution in [-0.2, 0) is 0 Å². The van der Waals surface area contributed by atoms with Gasteiger partial charge >= 0.3 is 0 Å². The monoisotopic (exact) mass is 157 g/mol. The molecule has 1 nitrogen and oxygen atoms in total. The molecule has 58 valence electrons. The molecule has 0 aliphatic rings. The first kappa shape index (κ1) is 9.92. The first-order valence-corrected chi connectivity index (χ1v) is 4.61. The standard InChI is InChI=1S/C8H16NP/c1-7(2)8(3-5-9)4-6-10/h7-8H,3-4,6,10H2,1-2H3. The summed E-state index contributed by atoms with van der Waals surface area (Å²) in [5.41, 5.74) is 0.